The van der Waals surface area contributed by atoms with Crippen LogP contribution in [0.3, 0.4) is 0 Å². The van der Waals surface area contributed by atoms with E-state index in [9.17, 15) is 0 Å². The van der Waals surface area contributed by atoms with Crippen LogP contribution >= 0.6 is 0 Å². The van der Waals surface area contributed by atoms with Crippen LogP contribution in [-0.2, 0) is 4.79 Å². The number of hydrogen-bond donors (Lipinski definition) is 0. The van der Waals surface area contributed by atoms with Crippen molar-refractivity contribution in [3.8, 4) is 0 Å². The lowest BCUT2D eigenvalue weighted by Gasteiger charge is -1.70. The molecular formula is C7H8N2O. The topological polar surface area (TPSA) is 42.3 Å². The summed E-state index contributed by atoms with van der Waals surface area (Å²) < 4.78 is 0. The van der Waals surface area contributed by atoms with E-state index in [2.05, 4.69) is 9.98 Å². The smallest absolute Gasteiger partial charge is 0.234 e. The van der Waals surface area contributed by atoms with Gasteiger partial charge in [0.15, 0.2) is 0 Å². The number of rotatable bonds is 0. The highest BCUT2D eigenvalue weighted by Gasteiger charge is 1.58. The third kappa shape index (κ3) is 6.53. The van der Waals surface area contributed by atoms with Crippen molar-refractivity contribution in [2.45, 2.75) is 0 Å². The van der Waals surface area contributed by atoms with Gasteiger partial charge in [0.25, 0.3) is 0 Å². The van der Waals surface area contributed by atoms with Crippen LogP contribution in [0.2, 0.25) is 0 Å². The quantitative estimate of drug-likeness (QED) is 0.395. The van der Waals surface area contributed by atoms with Crippen LogP contribution < -0.4 is 0 Å². The van der Waals surface area contributed by atoms with E-state index in [1.54, 1.807) is 12.4 Å². The second kappa shape index (κ2) is 7.53. The second-order valence-electron chi connectivity index (χ2n) is 1.34. The van der Waals surface area contributed by atoms with Crippen LogP contribution in [-0.4, -0.2) is 18.1 Å². The number of pyridine rings is 1. The highest BCUT2D eigenvalue weighted by Crippen LogP contribution is 1.73. The van der Waals surface area contributed by atoms with Gasteiger partial charge in [0, 0.05) is 19.4 Å². The molecular weight excluding hydrogens is 128 g/mol. The summed E-state index contributed by atoms with van der Waals surface area (Å²) in [7, 11) is 1.38. The molecule has 0 aromatic carbocycles. The number of aromatic nitrogens is 1. The van der Waals surface area contributed by atoms with Crippen molar-refractivity contribution >= 4 is 6.08 Å². The molecule has 1 rings (SSSR count). The molecule has 0 unspecified atom stereocenters. The fourth-order valence-corrected chi connectivity index (χ4v) is 0.313. The largest absolute Gasteiger partial charge is 0.265 e. The first-order valence-electron chi connectivity index (χ1n) is 2.72. The Balaban J connectivity index is 0.000000180. The molecule has 0 saturated carbocycles. The lowest BCUT2D eigenvalue weighted by Crippen LogP contribution is -1.58. The molecule has 0 atom stereocenters. The molecule has 0 amide bonds. The van der Waals surface area contributed by atoms with Gasteiger partial charge in [-0.3, -0.25) is 4.98 Å². The molecule has 3 nitrogen and oxygen atoms in total. The van der Waals surface area contributed by atoms with Crippen molar-refractivity contribution in [2.75, 3.05) is 7.05 Å². The lowest BCUT2D eigenvalue weighted by molar-refractivity contribution is 0.564. The van der Waals surface area contributed by atoms with Crippen molar-refractivity contribution in [3.05, 3.63) is 30.6 Å². The van der Waals surface area contributed by atoms with Gasteiger partial charge in [-0.2, -0.15) is 0 Å². The van der Waals surface area contributed by atoms with Crippen molar-refractivity contribution in [3.63, 3.8) is 0 Å². The summed E-state index contributed by atoms with van der Waals surface area (Å²) >= 11 is 0. The first kappa shape index (κ1) is 8.53. The minimum atomic E-state index is 1.31. The van der Waals surface area contributed by atoms with Crippen molar-refractivity contribution in [2.24, 2.45) is 4.99 Å². The van der Waals surface area contributed by atoms with Gasteiger partial charge in [0.2, 0.25) is 6.08 Å². The molecule has 0 aliphatic carbocycles. The molecule has 52 valence electrons. The molecule has 0 aliphatic heterocycles. The second-order valence-corrected chi connectivity index (χ2v) is 1.34. The normalized spacial score (nSPS) is 6.50. The maximum Gasteiger partial charge on any atom is 0.234 e. The van der Waals surface area contributed by atoms with E-state index >= 15 is 0 Å². The molecule has 3 heteroatoms. The Hall–Kier alpha value is -1.47. The zero-order valence-corrected chi connectivity index (χ0v) is 5.69. The Bertz CT molecular complexity index is 165. The minimum absolute atomic E-state index is 1.31. The van der Waals surface area contributed by atoms with Gasteiger partial charge in [-0.15, -0.1) is 0 Å². The van der Waals surface area contributed by atoms with Crippen LogP contribution in [0, 0.1) is 0 Å². The standard InChI is InChI=1S/C5H5N.C2H3NO/c1-2-4-6-5-3-1;1-3-2-4/h1-5H;1H3. The van der Waals surface area contributed by atoms with Gasteiger partial charge in [-0.25, -0.2) is 9.79 Å². The van der Waals surface area contributed by atoms with Gasteiger partial charge in [-0.1, -0.05) is 6.07 Å². The zero-order valence-electron chi connectivity index (χ0n) is 5.69. The van der Waals surface area contributed by atoms with Gasteiger partial charge in [0.1, 0.15) is 0 Å². The Morgan fingerprint density at radius 3 is 1.90 bits per heavy atom. The first-order chi connectivity index (χ1) is 4.91. The van der Waals surface area contributed by atoms with Crippen LogP contribution in [0.25, 0.3) is 0 Å². The Morgan fingerprint density at radius 1 is 1.30 bits per heavy atom. The highest BCUT2D eigenvalue weighted by molar-refractivity contribution is 5.32. The molecule has 0 fully saturated rings. The van der Waals surface area contributed by atoms with E-state index in [0.29, 0.717) is 0 Å². The van der Waals surface area contributed by atoms with Gasteiger partial charge in [0.05, 0.1) is 0 Å². The molecule has 1 aromatic rings. The van der Waals surface area contributed by atoms with Crippen LogP contribution in [0.1, 0.15) is 0 Å². The molecule has 0 bridgehead atoms. The van der Waals surface area contributed by atoms with Gasteiger partial charge in [-0.05, 0) is 12.1 Å². The van der Waals surface area contributed by atoms with Gasteiger partial charge < -0.3 is 0 Å². The first-order valence-corrected chi connectivity index (χ1v) is 2.72. The summed E-state index contributed by atoms with van der Waals surface area (Å²) in [6.45, 7) is 0. The molecule has 0 spiro atoms. The van der Waals surface area contributed by atoms with E-state index in [-0.39, 0.29) is 0 Å². The molecule has 0 aliphatic rings. The molecule has 0 N–H and O–H groups in total. The molecule has 1 aromatic heterocycles. The SMILES string of the molecule is CN=C=O.c1ccncc1. The summed E-state index contributed by atoms with van der Waals surface area (Å²) in [6, 6.07) is 5.72. The van der Waals surface area contributed by atoms with Crippen molar-refractivity contribution in [1.82, 2.24) is 4.98 Å². The van der Waals surface area contributed by atoms with E-state index in [1.165, 1.54) is 13.1 Å². The van der Waals surface area contributed by atoms with Gasteiger partial charge >= 0.3 is 0 Å². The highest BCUT2D eigenvalue weighted by atomic mass is 16.1. The predicted octanol–water partition coefficient (Wildman–Crippen LogP) is 1.03. The maximum absolute atomic E-state index is 8.88. The maximum atomic E-state index is 8.88. The molecule has 1 heterocycles. The number of isocyanates is 1. The average Bonchev–Trinajstić information content (AvgIpc) is 2.08. The van der Waals surface area contributed by atoms with Crippen LogP contribution in [0.5, 0.6) is 0 Å². The number of hydrogen-bond acceptors (Lipinski definition) is 3. The van der Waals surface area contributed by atoms with E-state index in [1.807, 2.05) is 18.2 Å². The van der Waals surface area contributed by atoms with Crippen molar-refractivity contribution < 1.29 is 4.79 Å². The monoisotopic (exact) mass is 136 g/mol. The Kier molecular flexibility index (Phi) is 6.42. The van der Waals surface area contributed by atoms with E-state index in [0.717, 1.165) is 0 Å². The fraction of sp³-hybridized carbons (Fsp3) is 0.143. The number of carbonyl (C=O) groups excluding carboxylic acids is 1. The minimum Gasteiger partial charge on any atom is -0.265 e. The third-order valence-corrected chi connectivity index (χ3v) is 0.658. The summed E-state index contributed by atoms with van der Waals surface area (Å²) in [5.41, 5.74) is 0. The number of nitrogens with zero attached hydrogens (tertiary/aromatic N) is 2. The van der Waals surface area contributed by atoms with Crippen LogP contribution in [0.15, 0.2) is 35.6 Å². The van der Waals surface area contributed by atoms with Crippen molar-refractivity contribution in [1.29, 1.82) is 0 Å². The Morgan fingerprint density at radius 2 is 1.80 bits per heavy atom. The molecule has 10 heavy (non-hydrogen) atoms. The lowest BCUT2D eigenvalue weighted by atomic mass is 10.5. The number of aliphatic imine (C=N–C) groups is 1. The molecule has 0 saturated heterocycles. The summed E-state index contributed by atoms with van der Waals surface area (Å²) in [5, 5.41) is 0. The predicted molar refractivity (Wildman–Crippen MR) is 38.3 cm³/mol. The molecule has 0 radical (unpaired) electrons. The zero-order chi connectivity index (χ0) is 7.66. The summed E-state index contributed by atoms with van der Waals surface area (Å²) in [5.74, 6) is 0. The van der Waals surface area contributed by atoms with E-state index in [4.69, 9.17) is 4.79 Å². The summed E-state index contributed by atoms with van der Waals surface area (Å²) in [4.78, 5) is 15.6. The van der Waals surface area contributed by atoms with Crippen LogP contribution in [0.4, 0.5) is 0 Å². The third-order valence-electron chi connectivity index (χ3n) is 0.658. The fourth-order valence-electron chi connectivity index (χ4n) is 0.313. The summed E-state index contributed by atoms with van der Waals surface area (Å²) in [6.07, 6.45) is 4.81. The Labute approximate surface area is 59.4 Å². The van der Waals surface area contributed by atoms with E-state index < -0.39 is 0 Å². The average molecular weight is 136 g/mol.